The molecule has 0 unspecified atom stereocenters. The molecule has 3 aromatic carbocycles. The van der Waals surface area contributed by atoms with Crippen LogP contribution in [0.25, 0.3) is 0 Å². The van der Waals surface area contributed by atoms with Gasteiger partial charge in [-0.2, -0.15) is 0 Å². The van der Waals surface area contributed by atoms with Crippen LogP contribution < -0.4 is 9.47 Å². The Morgan fingerprint density at radius 3 is 2.45 bits per heavy atom. The summed E-state index contributed by atoms with van der Waals surface area (Å²) in [4.78, 5) is 28.2. The standard InChI is InChI=1S/C33H33NO6/c1-3-23-15-10-16-28(23)40-30(24-13-8-5-9-14-24)32(35)34-20-25-17-18-29(38-2)31(26(25)19-27(34)33(36)37)39-21-22-11-6-4-7-12-22/h1,4-9,11-14,17-18,23,27-28,30H,10,15-16,19-21H2,2H3,(H,36,37)/t23-,27-,28-,30-/m0/s1. The second-order valence-electron chi connectivity index (χ2n) is 10.2. The molecule has 7 nitrogen and oxygen atoms in total. The number of terminal acetylenes is 1. The highest BCUT2D eigenvalue weighted by Crippen LogP contribution is 2.40. The molecule has 7 heteroatoms. The van der Waals surface area contributed by atoms with Gasteiger partial charge in [0.05, 0.1) is 13.2 Å². The molecule has 206 valence electrons. The monoisotopic (exact) mass is 539 g/mol. The highest BCUT2D eigenvalue weighted by atomic mass is 16.5. The smallest absolute Gasteiger partial charge is 0.326 e. The van der Waals surface area contributed by atoms with E-state index in [1.807, 2.05) is 66.7 Å². The van der Waals surface area contributed by atoms with Crippen LogP contribution in [0.5, 0.6) is 11.5 Å². The van der Waals surface area contributed by atoms with E-state index in [1.165, 1.54) is 4.90 Å². The topological polar surface area (TPSA) is 85.3 Å². The number of benzene rings is 3. The normalized spacial score (nSPS) is 20.7. The van der Waals surface area contributed by atoms with E-state index in [4.69, 9.17) is 20.6 Å². The van der Waals surface area contributed by atoms with Gasteiger partial charge in [-0.1, -0.05) is 66.7 Å². The summed E-state index contributed by atoms with van der Waals surface area (Å²) in [6.45, 7) is 0.405. The predicted molar refractivity (Wildman–Crippen MR) is 150 cm³/mol. The Morgan fingerprint density at radius 1 is 1.05 bits per heavy atom. The summed E-state index contributed by atoms with van der Waals surface area (Å²) in [6.07, 6.45) is 7.14. The number of aliphatic carboxylic acids is 1. The summed E-state index contributed by atoms with van der Waals surface area (Å²) in [5.41, 5.74) is 3.19. The molecule has 4 atom stereocenters. The number of carbonyl (C=O) groups is 2. The van der Waals surface area contributed by atoms with E-state index in [0.29, 0.717) is 23.7 Å². The van der Waals surface area contributed by atoms with E-state index in [0.717, 1.165) is 36.0 Å². The van der Waals surface area contributed by atoms with E-state index >= 15 is 0 Å². The molecule has 2 aliphatic rings. The molecule has 1 N–H and O–H groups in total. The number of hydrogen-bond donors (Lipinski definition) is 1. The van der Waals surface area contributed by atoms with Crippen molar-refractivity contribution >= 4 is 11.9 Å². The lowest BCUT2D eigenvalue weighted by Gasteiger charge is -2.38. The summed E-state index contributed by atoms with van der Waals surface area (Å²) in [7, 11) is 1.55. The van der Waals surface area contributed by atoms with Gasteiger partial charge in [-0.25, -0.2) is 4.79 Å². The first-order valence-corrected chi connectivity index (χ1v) is 13.6. The maximum Gasteiger partial charge on any atom is 0.326 e. The molecule has 1 amide bonds. The van der Waals surface area contributed by atoms with Crippen molar-refractivity contribution in [3.05, 3.63) is 95.1 Å². The fourth-order valence-electron chi connectivity index (χ4n) is 5.63. The van der Waals surface area contributed by atoms with Gasteiger partial charge in [0.25, 0.3) is 5.91 Å². The number of hydrogen-bond acceptors (Lipinski definition) is 5. The minimum Gasteiger partial charge on any atom is -0.493 e. The van der Waals surface area contributed by atoms with Gasteiger partial charge in [-0.05, 0) is 42.0 Å². The van der Waals surface area contributed by atoms with Crippen LogP contribution in [0, 0.1) is 18.3 Å². The summed E-state index contributed by atoms with van der Waals surface area (Å²) < 4.78 is 18.2. The van der Waals surface area contributed by atoms with Crippen LogP contribution in [-0.2, 0) is 33.9 Å². The summed E-state index contributed by atoms with van der Waals surface area (Å²) >= 11 is 0. The molecule has 0 aromatic heterocycles. The molecule has 1 aliphatic heterocycles. The van der Waals surface area contributed by atoms with E-state index in [2.05, 4.69) is 5.92 Å². The number of amides is 1. The second-order valence-corrected chi connectivity index (χ2v) is 10.2. The predicted octanol–water partition coefficient (Wildman–Crippen LogP) is 5.17. The van der Waals surface area contributed by atoms with Gasteiger partial charge in [-0.15, -0.1) is 12.3 Å². The first-order valence-electron chi connectivity index (χ1n) is 13.6. The Kier molecular flexibility index (Phi) is 8.37. The molecule has 40 heavy (non-hydrogen) atoms. The molecule has 5 rings (SSSR count). The largest absolute Gasteiger partial charge is 0.493 e. The molecule has 1 fully saturated rings. The van der Waals surface area contributed by atoms with Crippen LogP contribution in [-0.4, -0.2) is 41.1 Å². The van der Waals surface area contributed by atoms with Crippen LogP contribution in [0.4, 0.5) is 0 Å². The SMILES string of the molecule is C#C[C@H]1CCC[C@@H]1O[C@H](C(=O)N1Cc2ccc(OC)c(OCc3ccccc3)c2C[C@H]1C(=O)O)c1ccccc1. The third kappa shape index (κ3) is 5.68. The summed E-state index contributed by atoms with van der Waals surface area (Å²) in [5, 5.41) is 10.3. The fraction of sp³-hybridized carbons (Fsp3) is 0.333. The quantitative estimate of drug-likeness (QED) is 0.378. The Labute approximate surface area is 234 Å². The molecule has 0 radical (unpaired) electrons. The van der Waals surface area contributed by atoms with Crippen LogP contribution >= 0.6 is 0 Å². The lowest BCUT2D eigenvalue weighted by molar-refractivity contribution is -0.161. The number of rotatable bonds is 9. The summed E-state index contributed by atoms with van der Waals surface area (Å²) in [5.74, 6) is 2.26. The average Bonchev–Trinajstić information content (AvgIpc) is 3.45. The molecule has 0 saturated heterocycles. The summed E-state index contributed by atoms with van der Waals surface area (Å²) in [6, 6.07) is 21.5. The van der Waals surface area contributed by atoms with E-state index < -0.39 is 24.0 Å². The number of carbonyl (C=O) groups excluding carboxylic acids is 1. The van der Waals surface area contributed by atoms with Crippen molar-refractivity contribution in [2.24, 2.45) is 5.92 Å². The minimum atomic E-state index is -1.10. The first-order chi connectivity index (χ1) is 19.5. The van der Waals surface area contributed by atoms with Crippen molar-refractivity contribution in [3.8, 4) is 23.8 Å². The molecule has 0 spiro atoms. The number of ether oxygens (including phenoxy) is 3. The minimum absolute atomic E-state index is 0.0758. The number of methoxy groups -OCH3 is 1. The van der Waals surface area contributed by atoms with Crippen molar-refractivity contribution in [2.45, 2.75) is 57.1 Å². The Hall–Kier alpha value is -4.28. The third-order valence-corrected chi connectivity index (χ3v) is 7.75. The number of fused-ring (bicyclic) bond motifs is 1. The van der Waals surface area contributed by atoms with Crippen LogP contribution in [0.2, 0.25) is 0 Å². The van der Waals surface area contributed by atoms with E-state index in [1.54, 1.807) is 13.2 Å². The van der Waals surface area contributed by atoms with Crippen molar-refractivity contribution in [3.63, 3.8) is 0 Å². The van der Waals surface area contributed by atoms with E-state index in [9.17, 15) is 14.7 Å². The lowest BCUT2D eigenvalue weighted by atomic mass is 9.91. The fourth-order valence-corrected chi connectivity index (χ4v) is 5.63. The molecule has 0 bridgehead atoms. The van der Waals surface area contributed by atoms with Crippen molar-refractivity contribution < 1.29 is 28.9 Å². The zero-order chi connectivity index (χ0) is 28.1. The van der Waals surface area contributed by atoms with Gasteiger partial charge in [0.15, 0.2) is 17.6 Å². The third-order valence-electron chi connectivity index (χ3n) is 7.75. The van der Waals surface area contributed by atoms with Gasteiger partial charge >= 0.3 is 5.97 Å². The second kappa shape index (κ2) is 12.3. The van der Waals surface area contributed by atoms with E-state index in [-0.39, 0.29) is 25.0 Å². The van der Waals surface area contributed by atoms with Crippen LogP contribution in [0.3, 0.4) is 0 Å². The highest BCUT2D eigenvalue weighted by molar-refractivity contribution is 5.88. The Bertz CT molecular complexity index is 1380. The van der Waals surface area contributed by atoms with Crippen molar-refractivity contribution in [1.82, 2.24) is 4.90 Å². The average molecular weight is 540 g/mol. The molecule has 1 heterocycles. The Balaban J connectivity index is 1.47. The molecular weight excluding hydrogens is 506 g/mol. The van der Waals surface area contributed by atoms with Gasteiger partial charge in [-0.3, -0.25) is 4.79 Å². The molecule has 1 aliphatic carbocycles. The number of nitrogens with zero attached hydrogens (tertiary/aromatic N) is 1. The van der Waals surface area contributed by atoms with Crippen molar-refractivity contribution in [1.29, 1.82) is 0 Å². The van der Waals surface area contributed by atoms with Gasteiger partial charge in [0.1, 0.15) is 12.6 Å². The lowest BCUT2D eigenvalue weighted by Crippen LogP contribution is -2.51. The zero-order valence-corrected chi connectivity index (χ0v) is 22.5. The number of carboxylic acids is 1. The first kappa shape index (κ1) is 27.3. The number of carboxylic acid groups (broad SMARTS) is 1. The maximum atomic E-state index is 14.2. The van der Waals surface area contributed by atoms with Gasteiger partial charge in [0, 0.05) is 24.4 Å². The zero-order valence-electron chi connectivity index (χ0n) is 22.5. The molecular formula is C33H33NO6. The Morgan fingerprint density at radius 2 is 1.77 bits per heavy atom. The molecule has 3 aromatic rings. The highest BCUT2D eigenvalue weighted by Gasteiger charge is 2.41. The van der Waals surface area contributed by atoms with Crippen LogP contribution in [0.15, 0.2) is 72.8 Å². The van der Waals surface area contributed by atoms with Crippen LogP contribution in [0.1, 0.15) is 47.6 Å². The van der Waals surface area contributed by atoms with Gasteiger partial charge in [0.2, 0.25) is 0 Å². The maximum absolute atomic E-state index is 14.2. The van der Waals surface area contributed by atoms with Crippen molar-refractivity contribution in [2.75, 3.05) is 7.11 Å². The van der Waals surface area contributed by atoms with Gasteiger partial charge < -0.3 is 24.2 Å². The molecule has 1 saturated carbocycles.